The number of rotatable bonds is 4. The number of hydrogen-bond donors (Lipinski definition) is 2. The zero-order valence-electron chi connectivity index (χ0n) is 11.2. The zero-order valence-corrected chi connectivity index (χ0v) is 11.2. The molecule has 1 aliphatic rings. The van der Waals surface area contributed by atoms with Crippen LogP contribution in [0.15, 0.2) is 0 Å². The number of hydrogen-bond acceptors (Lipinski definition) is 2. The number of nitrogens with one attached hydrogen (secondary N) is 2. The molecule has 1 rings (SSSR count). The van der Waals surface area contributed by atoms with E-state index in [2.05, 4.69) is 22.5 Å². The Morgan fingerprint density at radius 1 is 1.56 bits per heavy atom. The number of amides is 3. The van der Waals surface area contributed by atoms with E-state index in [1.54, 1.807) is 11.8 Å². The summed E-state index contributed by atoms with van der Waals surface area (Å²) in [6.07, 6.45) is 0.944. The van der Waals surface area contributed by atoms with Gasteiger partial charge in [-0.15, -0.1) is 0 Å². The second-order valence-electron chi connectivity index (χ2n) is 4.73. The maximum Gasteiger partial charge on any atom is 0.317 e. The fourth-order valence-corrected chi connectivity index (χ4v) is 1.83. The summed E-state index contributed by atoms with van der Waals surface area (Å²) in [5.74, 6) is 5.00. The summed E-state index contributed by atoms with van der Waals surface area (Å²) in [6, 6.07) is -0.120. The molecule has 2 N–H and O–H groups in total. The summed E-state index contributed by atoms with van der Waals surface area (Å²) in [4.78, 5) is 24.9. The fourth-order valence-electron chi connectivity index (χ4n) is 1.83. The topological polar surface area (TPSA) is 61.4 Å². The second kappa shape index (κ2) is 6.90. The summed E-state index contributed by atoms with van der Waals surface area (Å²) < 4.78 is 0. The van der Waals surface area contributed by atoms with Gasteiger partial charge in [-0.25, -0.2) is 4.79 Å². The minimum absolute atomic E-state index is 0.0530. The molecule has 1 fully saturated rings. The number of nitrogens with zero attached hydrogens (tertiary/aromatic N) is 1. The molecule has 1 saturated heterocycles. The van der Waals surface area contributed by atoms with E-state index in [9.17, 15) is 9.59 Å². The number of carbonyl (C=O) groups excluding carboxylic acids is 2. The third-order valence-electron chi connectivity index (χ3n) is 2.95. The lowest BCUT2D eigenvalue weighted by Crippen LogP contribution is -2.53. The van der Waals surface area contributed by atoms with Crippen LogP contribution in [0.25, 0.3) is 0 Å². The van der Waals surface area contributed by atoms with Gasteiger partial charge in [-0.2, -0.15) is 0 Å². The van der Waals surface area contributed by atoms with Gasteiger partial charge in [0.15, 0.2) is 0 Å². The van der Waals surface area contributed by atoms with E-state index in [0.717, 1.165) is 19.5 Å². The first-order valence-electron chi connectivity index (χ1n) is 6.30. The standard InChI is InChI=1S/C13H21N3O2/c1-4-6-12(17)15-11(10(2)3)9-16-8-5-7-14-13(16)18/h10-11H,5,7-9H2,1-3H3,(H,14,18)(H,15,17). The van der Waals surface area contributed by atoms with Crippen LogP contribution in [0.4, 0.5) is 4.79 Å². The van der Waals surface area contributed by atoms with Gasteiger partial charge in [0.25, 0.3) is 5.91 Å². The molecule has 1 atom stereocenters. The predicted molar refractivity (Wildman–Crippen MR) is 69.8 cm³/mol. The number of carbonyl (C=O) groups is 2. The van der Waals surface area contributed by atoms with Crippen LogP contribution < -0.4 is 10.6 Å². The Kier molecular flexibility index (Phi) is 5.50. The Bertz CT molecular complexity index is 368. The van der Waals surface area contributed by atoms with Crippen molar-refractivity contribution >= 4 is 11.9 Å². The average molecular weight is 251 g/mol. The lowest BCUT2D eigenvalue weighted by Gasteiger charge is -2.32. The molecule has 1 aliphatic heterocycles. The lowest BCUT2D eigenvalue weighted by atomic mass is 10.0. The van der Waals surface area contributed by atoms with Crippen LogP contribution >= 0.6 is 0 Å². The molecule has 5 heteroatoms. The van der Waals surface area contributed by atoms with E-state index >= 15 is 0 Å². The van der Waals surface area contributed by atoms with Crippen LogP contribution in [0, 0.1) is 17.8 Å². The van der Waals surface area contributed by atoms with E-state index in [-0.39, 0.29) is 23.9 Å². The summed E-state index contributed by atoms with van der Waals surface area (Å²) in [6.45, 7) is 7.67. The van der Waals surface area contributed by atoms with Crippen molar-refractivity contribution in [3.63, 3.8) is 0 Å². The van der Waals surface area contributed by atoms with Gasteiger partial charge >= 0.3 is 6.03 Å². The van der Waals surface area contributed by atoms with Crippen LogP contribution in [-0.2, 0) is 4.79 Å². The highest BCUT2D eigenvalue weighted by molar-refractivity contribution is 5.93. The molecule has 0 spiro atoms. The highest BCUT2D eigenvalue weighted by atomic mass is 16.2. The molecular formula is C13H21N3O2. The first kappa shape index (κ1) is 14.4. The Balaban J connectivity index is 2.58. The van der Waals surface area contributed by atoms with Crippen LogP contribution in [0.3, 0.4) is 0 Å². The molecule has 5 nitrogen and oxygen atoms in total. The minimum atomic E-state index is -0.284. The molecule has 1 unspecified atom stereocenters. The Morgan fingerprint density at radius 3 is 2.83 bits per heavy atom. The molecule has 0 aromatic rings. The molecule has 3 amide bonds. The molecule has 0 radical (unpaired) electrons. The largest absolute Gasteiger partial charge is 0.340 e. The molecule has 0 aromatic carbocycles. The Morgan fingerprint density at radius 2 is 2.28 bits per heavy atom. The molecule has 18 heavy (non-hydrogen) atoms. The van der Waals surface area contributed by atoms with Gasteiger partial charge in [0.05, 0.1) is 0 Å². The lowest BCUT2D eigenvalue weighted by molar-refractivity contribution is -0.116. The second-order valence-corrected chi connectivity index (χ2v) is 4.73. The molecule has 0 aliphatic carbocycles. The van der Waals surface area contributed by atoms with Crippen LogP contribution in [0.2, 0.25) is 0 Å². The third-order valence-corrected chi connectivity index (χ3v) is 2.95. The SMILES string of the molecule is CC#CC(=O)NC(CN1CCCNC1=O)C(C)C. The number of urea groups is 1. The third kappa shape index (κ3) is 4.28. The fraction of sp³-hybridized carbons (Fsp3) is 0.692. The van der Waals surface area contributed by atoms with Crippen molar-refractivity contribution in [1.29, 1.82) is 0 Å². The van der Waals surface area contributed by atoms with Crippen LogP contribution in [0.1, 0.15) is 27.2 Å². The molecule has 1 heterocycles. The summed E-state index contributed by atoms with van der Waals surface area (Å²) >= 11 is 0. The van der Waals surface area contributed by atoms with E-state index in [0.29, 0.717) is 6.54 Å². The maximum absolute atomic E-state index is 11.6. The predicted octanol–water partition coefficient (Wildman–Crippen LogP) is 0.566. The van der Waals surface area contributed by atoms with Crippen molar-refractivity contribution in [2.24, 2.45) is 5.92 Å². The molecule has 0 aromatic heterocycles. The van der Waals surface area contributed by atoms with Crippen molar-refractivity contribution in [3.05, 3.63) is 0 Å². The summed E-state index contributed by atoms with van der Waals surface area (Å²) in [5.41, 5.74) is 0. The quantitative estimate of drug-likeness (QED) is 0.717. The molecule has 0 bridgehead atoms. The van der Waals surface area contributed by atoms with Gasteiger partial charge in [0.1, 0.15) is 0 Å². The zero-order chi connectivity index (χ0) is 13.5. The Hall–Kier alpha value is -1.70. The summed E-state index contributed by atoms with van der Waals surface area (Å²) in [5, 5.41) is 5.65. The highest BCUT2D eigenvalue weighted by Crippen LogP contribution is 2.07. The molecule has 100 valence electrons. The Labute approximate surface area is 108 Å². The van der Waals surface area contributed by atoms with E-state index < -0.39 is 0 Å². The maximum atomic E-state index is 11.6. The van der Waals surface area contributed by atoms with Gasteiger partial charge in [-0.1, -0.05) is 19.8 Å². The van der Waals surface area contributed by atoms with Crippen molar-refractivity contribution < 1.29 is 9.59 Å². The normalized spacial score (nSPS) is 16.7. The van der Waals surface area contributed by atoms with E-state index in [1.165, 1.54) is 0 Å². The first-order valence-corrected chi connectivity index (χ1v) is 6.30. The first-order chi connectivity index (χ1) is 8.54. The van der Waals surface area contributed by atoms with Crippen molar-refractivity contribution in [1.82, 2.24) is 15.5 Å². The van der Waals surface area contributed by atoms with Gasteiger partial charge in [0.2, 0.25) is 0 Å². The van der Waals surface area contributed by atoms with Gasteiger partial charge in [-0.05, 0) is 25.2 Å². The van der Waals surface area contributed by atoms with Gasteiger partial charge < -0.3 is 15.5 Å². The van der Waals surface area contributed by atoms with Crippen molar-refractivity contribution in [2.45, 2.75) is 33.2 Å². The molecule has 0 saturated carbocycles. The van der Waals surface area contributed by atoms with Gasteiger partial charge in [0, 0.05) is 25.7 Å². The smallest absolute Gasteiger partial charge is 0.317 e. The molecular weight excluding hydrogens is 230 g/mol. The average Bonchev–Trinajstić information content (AvgIpc) is 2.31. The minimum Gasteiger partial charge on any atom is -0.340 e. The monoisotopic (exact) mass is 251 g/mol. The van der Waals surface area contributed by atoms with E-state index in [1.807, 2.05) is 13.8 Å². The summed E-state index contributed by atoms with van der Waals surface area (Å²) in [7, 11) is 0. The van der Waals surface area contributed by atoms with Crippen molar-refractivity contribution in [2.75, 3.05) is 19.6 Å². The van der Waals surface area contributed by atoms with Crippen LogP contribution in [-0.4, -0.2) is 42.5 Å². The van der Waals surface area contributed by atoms with Crippen LogP contribution in [0.5, 0.6) is 0 Å². The van der Waals surface area contributed by atoms with E-state index in [4.69, 9.17) is 0 Å². The highest BCUT2D eigenvalue weighted by Gasteiger charge is 2.24. The van der Waals surface area contributed by atoms with Gasteiger partial charge in [-0.3, -0.25) is 4.79 Å². The van der Waals surface area contributed by atoms with Crippen molar-refractivity contribution in [3.8, 4) is 11.8 Å².